The number of nitrogens with one attached hydrogen (secondary N) is 3. The molecule has 12 heteroatoms. The van der Waals surface area contributed by atoms with Crippen molar-refractivity contribution in [3.63, 3.8) is 0 Å². The summed E-state index contributed by atoms with van der Waals surface area (Å²) in [6, 6.07) is 14.5. The Bertz CT molecular complexity index is 1530. The third-order valence-corrected chi connectivity index (χ3v) is 5.33. The molecule has 3 amide bonds. The van der Waals surface area contributed by atoms with Gasteiger partial charge in [-0.2, -0.15) is 0 Å². The van der Waals surface area contributed by atoms with Crippen LogP contribution in [0.5, 0.6) is 0 Å². The third-order valence-electron chi connectivity index (χ3n) is 5.33. The van der Waals surface area contributed by atoms with Crippen LogP contribution in [0.1, 0.15) is 33.6 Å². The van der Waals surface area contributed by atoms with E-state index in [9.17, 15) is 24.0 Å². The van der Waals surface area contributed by atoms with E-state index in [4.69, 9.17) is 11.5 Å². The van der Waals surface area contributed by atoms with E-state index in [1.54, 1.807) is 36.4 Å². The third kappa shape index (κ3) is 8.05. The van der Waals surface area contributed by atoms with Gasteiger partial charge >= 0.3 is 0 Å². The second-order valence-corrected chi connectivity index (χ2v) is 9.02. The zero-order chi connectivity index (χ0) is 29.4. The number of azo groups is 1. The number of nitrogens with zero attached hydrogens (tertiary/aromatic N) is 2. The lowest BCUT2D eigenvalue weighted by Gasteiger charge is -2.15. The number of amides is 3. The standard InChI is InChI=1S/C28H29N7O5/c1-15(36)11-25(39)32-22-9-7-19(29)14-24(22)34-35-28-23(33-26(40)12-16(2)37)10-8-21(30)27(28)18-5-4-6-20(13-18)31-17(3)38/h4-10,13-14H,11-12,29-30H2,1-3H3,(H,31,38)(H,32,39)(H,33,40). The maximum Gasteiger partial charge on any atom is 0.231 e. The lowest BCUT2D eigenvalue weighted by molar-refractivity contribution is -0.125. The Kier molecular flexibility index (Phi) is 9.42. The average Bonchev–Trinajstić information content (AvgIpc) is 2.84. The summed E-state index contributed by atoms with van der Waals surface area (Å²) in [6.07, 6.45) is -0.673. The number of benzene rings is 3. The van der Waals surface area contributed by atoms with Crippen LogP contribution in [0.15, 0.2) is 64.8 Å². The quantitative estimate of drug-likeness (QED) is 0.138. The van der Waals surface area contributed by atoms with E-state index >= 15 is 0 Å². The number of hydrogen-bond donors (Lipinski definition) is 5. The van der Waals surface area contributed by atoms with Gasteiger partial charge in [0.1, 0.15) is 22.9 Å². The van der Waals surface area contributed by atoms with Crippen molar-refractivity contribution >= 4 is 69.1 Å². The molecule has 3 aromatic rings. The van der Waals surface area contributed by atoms with Gasteiger partial charge in [-0.1, -0.05) is 12.1 Å². The van der Waals surface area contributed by atoms with Crippen molar-refractivity contribution in [2.45, 2.75) is 33.6 Å². The minimum Gasteiger partial charge on any atom is -0.399 e. The van der Waals surface area contributed by atoms with Crippen LogP contribution in [-0.2, 0) is 24.0 Å². The Balaban J connectivity index is 2.16. The molecule has 0 bridgehead atoms. The van der Waals surface area contributed by atoms with E-state index in [-0.39, 0.29) is 53.1 Å². The maximum absolute atomic E-state index is 12.5. The molecule has 0 aliphatic rings. The monoisotopic (exact) mass is 543 g/mol. The number of hydrogen-bond acceptors (Lipinski definition) is 9. The van der Waals surface area contributed by atoms with Gasteiger partial charge in [0.05, 0.1) is 24.2 Å². The van der Waals surface area contributed by atoms with Crippen LogP contribution in [0.4, 0.5) is 39.8 Å². The second-order valence-electron chi connectivity index (χ2n) is 9.02. The highest BCUT2D eigenvalue weighted by atomic mass is 16.2. The first kappa shape index (κ1) is 29.2. The number of rotatable bonds is 10. The van der Waals surface area contributed by atoms with Gasteiger partial charge in [-0.15, -0.1) is 10.2 Å². The first-order valence-electron chi connectivity index (χ1n) is 12.1. The molecule has 0 saturated heterocycles. The first-order chi connectivity index (χ1) is 18.9. The molecule has 0 aliphatic carbocycles. The van der Waals surface area contributed by atoms with Crippen LogP contribution >= 0.6 is 0 Å². The molecule has 0 aliphatic heterocycles. The maximum atomic E-state index is 12.5. The molecule has 7 N–H and O–H groups in total. The molecule has 0 spiro atoms. The van der Waals surface area contributed by atoms with E-state index in [1.807, 2.05) is 0 Å². The molecule has 40 heavy (non-hydrogen) atoms. The summed E-state index contributed by atoms with van der Waals surface area (Å²) < 4.78 is 0. The van der Waals surface area contributed by atoms with Gasteiger partial charge in [0, 0.05) is 29.5 Å². The number of ketones is 2. The summed E-state index contributed by atoms with van der Waals surface area (Å²) >= 11 is 0. The number of anilines is 5. The van der Waals surface area contributed by atoms with Gasteiger partial charge in [0.15, 0.2) is 0 Å². The largest absolute Gasteiger partial charge is 0.399 e. The summed E-state index contributed by atoms with van der Waals surface area (Å²) in [5, 5.41) is 16.7. The van der Waals surface area contributed by atoms with Gasteiger partial charge < -0.3 is 27.4 Å². The molecule has 0 atom stereocenters. The molecular formula is C28H29N7O5. The van der Waals surface area contributed by atoms with Crippen molar-refractivity contribution in [1.29, 1.82) is 0 Å². The predicted octanol–water partition coefficient (Wildman–Crippen LogP) is 4.73. The van der Waals surface area contributed by atoms with Crippen molar-refractivity contribution in [1.82, 2.24) is 0 Å². The topological polar surface area (TPSA) is 198 Å². The SMILES string of the molecule is CC(=O)CC(=O)Nc1ccc(N)cc1N=Nc1c(NC(=O)CC(C)=O)ccc(N)c1-c1cccc(NC(C)=O)c1. The van der Waals surface area contributed by atoms with E-state index in [0.717, 1.165) is 0 Å². The summed E-state index contributed by atoms with van der Waals surface area (Å²) in [5.74, 6) is -2.01. The number of Topliss-reactive ketones (excluding diaryl/α,β-unsaturated/α-hetero) is 2. The molecule has 12 nitrogen and oxygen atoms in total. The number of nitrogen functional groups attached to an aromatic ring is 2. The molecule has 0 saturated carbocycles. The van der Waals surface area contributed by atoms with Crippen molar-refractivity contribution < 1.29 is 24.0 Å². The molecule has 0 radical (unpaired) electrons. The van der Waals surface area contributed by atoms with E-state index < -0.39 is 11.8 Å². The highest BCUT2D eigenvalue weighted by Gasteiger charge is 2.18. The van der Waals surface area contributed by atoms with Crippen LogP contribution in [0, 0.1) is 0 Å². The summed E-state index contributed by atoms with van der Waals surface area (Å²) in [6.45, 7) is 3.97. The Morgan fingerprint density at radius 2 is 1.35 bits per heavy atom. The molecule has 0 fully saturated rings. The van der Waals surface area contributed by atoms with Gasteiger partial charge in [0.25, 0.3) is 0 Å². The second kappa shape index (κ2) is 12.9. The van der Waals surface area contributed by atoms with E-state index in [1.165, 1.54) is 39.0 Å². The lowest BCUT2D eigenvalue weighted by Crippen LogP contribution is -2.15. The molecule has 3 aromatic carbocycles. The van der Waals surface area contributed by atoms with Crippen molar-refractivity contribution in [3.8, 4) is 11.1 Å². The molecule has 206 valence electrons. The molecular weight excluding hydrogens is 514 g/mol. The summed E-state index contributed by atoms with van der Waals surface area (Å²) in [7, 11) is 0. The highest BCUT2D eigenvalue weighted by molar-refractivity contribution is 6.07. The molecule has 0 heterocycles. The lowest BCUT2D eigenvalue weighted by atomic mass is 9.99. The zero-order valence-electron chi connectivity index (χ0n) is 22.2. The highest BCUT2D eigenvalue weighted by Crippen LogP contribution is 2.43. The van der Waals surface area contributed by atoms with Gasteiger partial charge in [-0.25, -0.2) is 0 Å². The van der Waals surface area contributed by atoms with Gasteiger partial charge in [-0.05, 0) is 61.9 Å². The predicted molar refractivity (Wildman–Crippen MR) is 153 cm³/mol. The minimum atomic E-state index is -0.562. The summed E-state index contributed by atoms with van der Waals surface area (Å²) in [5.41, 5.74) is 15.2. The fraction of sp³-hybridized carbons (Fsp3) is 0.179. The van der Waals surface area contributed by atoms with Crippen molar-refractivity contribution in [3.05, 3.63) is 54.6 Å². The van der Waals surface area contributed by atoms with E-state index in [2.05, 4.69) is 26.2 Å². The van der Waals surface area contributed by atoms with Crippen LogP contribution in [0.2, 0.25) is 0 Å². The van der Waals surface area contributed by atoms with Crippen molar-refractivity contribution in [2.24, 2.45) is 10.2 Å². The fourth-order valence-corrected chi connectivity index (χ4v) is 3.75. The van der Waals surface area contributed by atoms with Crippen LogP contribution < -0.4 is 27.4 Å². The van der Waals surface area contributed by atoms with E-state index in [0.29, 0.717) is 28.2 Å². The minimum absolute atomic E-state index is 0.153. The average molecular weight is 544 g/mol. The first-order valence-corrected chi connectivity index (χ1v) is 12.1. The van der Waals surface area contributed by atoms with Crippen LogP contribution in [0.25, 0.3) is 11.1 Å². The fourth-order valence-electron chi connectivity index (χ4n) is 3.75. The zero-order valence-corrected chi connectivity index (χ0v) is 22.2. The Labute approximate surface area is 230 Å². The molecule has 3 rings (SSSR count). The van der Waals surface area contributed by atoms with Crippen molar-refractivity contribution in [2.75, 3.05) is 27.4 Å². The number of carbonyl (C=O) groups is 5. The number of carbonyl (C=O) groups excluding carboxylic acids is 5. The van der Waals surface area contributed by atoms with Crippen LogP contribution in [-0.4, -0.2) is 29.3 Å². The normalized spacial score (nSPS) is 10.7. The number of nitrogens with two attached hydrogens (primary N) is 2. The smallest absolute Gasteiger partial charge is 0.231 e. The molecule has 0 unspecified atom stereocenters. The van der Waals surface area contributed by atoms with Gasteiger partial charge in [-0.3, -0.25) is 24.0 Å². The Morgan fingerprint density at radius 3 is 1.98 bits per heavy atom. The Hall–Kier alpha value is -5.39. The Morgan fingerprint density at radius 1 is 0.725 bits per heavy atom. The van der Waals surface area contributed by atoms with Crippen LogP contribution in [0.3, 0.4) is 0 Å². The molecule has 0 aromatic heterocycles. The van der Waals surface area contributed by atoms with Gasteiger partial charge in [0.2, 0.25) is 17.7 Å². The summed E-state index contributed by atoms with van der Waals surface area (Å²) in [4.78, 5) is 59.2.